The van der Waals surface area contributed by atoms with Gasteiger partial charge in [0.05, 0.1) is 17.3 Å². The maximum atomic E-state index is 13.1. The Bertz CT molecular complexity index is 446. The normalized spacial score (nSPS) is 14.7. The fraction of sp³-hybridized carbons (Fsp3) is 0.615. The summed E-state index contributed by atoms with van der Waals surface area (Å²) in [5, 5.41) is 0. The number of nitrogens with two attached hydrogens (primary N) is 1. The van der Waals surface area contributed by atoms with Crippen molar-refractivity contribution in [3.05, 3.63) is 22.4 Å². The Labute approximate surface area is 124 Å². The molecule has 0 saturated carbocycles. The van der Waals surface area contributed by atoms with Crippen LogP contribution in [0.2, 0.25) is 0 Å². The molecule has 0 aliphatic heterocycles. The smallest absolute Gasteiger partial charge is 0.267 e. The van der Waals surface area contributed by atoms with Gasteiger partial charge in [-0.15, -0.1) is 0 Å². The molecule has 114 valence electrons. The third-order valence-corrected chi connectivity index (χ3v) is 3.13. The standard InChI is InChI=1S/C13H18BrF3N2O/c1-8(2)4-13(18,6-15)7-20-10-5-19-11(14)3-9(10)12(16)17/h3,5,8,12H,4,6-7,18H2,1-2H3/t13-/m1/s1. The van der Waals surface area contributed by atoms with E-state index in [0.29, 0.717) is 6.42 Å². The van der Waals surface area contributed by atoms with Gasteiger partial charge in [-0.05, 0) is 34.3 Å². The molecule has 1 heterocycles. The highest BCUT2D eigenvalue weighted by Crippen LogP contribution is 2.31. The summed E-state index contributed by atoms with van der Waals surface area (Å²) in [6.07, 6.45) is -1.12. The average Bonchev–Trinajstić information content (AvgIpc) is 2.36. The molecule has 0 aromatic carbocycles. The number of halogens is 4. The van der Waals surface area contributed by atoms with Gasteiger partial charge in [0.2, 0.25) is 0 Å². The van der Waals surface area contributed by atoms with E-state index < -0.39 is 18.6 Å². The molecule has 20 heavy (non-hydrogen) atoms. The first-order chi connectivity index (χ1) is 9.27. The van der Waals surface area contributed by atoms with Gasteiger partial charge in [-0.3, -0.25) is 0 Å². The molecule has 7 heteroatoms. The Hall–Kier alpha value is -0.820. The third kappa shape index (κ3) is 4.94. The summed E-state index contributed by atoms with van der Waals surface area (Å²) >= 11 is 3.02. The minimum absolute atomic E-state index is 0.0739. The van der Waals surface area contributed by atoms with E-state index in [2.05, 4.69) is 20.9 Å². The minimum Gasteiger partial charge on any atom is -0.489 e. The first-order valence-corrected chi connectivity index (χ1v) is 6.98. The van der Waals surface area contributed by atoms with E-state index in [4.69, 9.17) is 10.5 Å². The van der Waals surface area contributed by atoms with Gasteiger partial charge in [0, 0.05) is 0 Å². The van der Waals surface area contributed by atoms with Crippen molar-refractivity contribution in [2.24, 2.45) is 11.7 Å². The number of hydrogen-bond acceptors (Lipinski definition) is 3. The predicted octanol–water partition coefficient (Wildman–Crippen LogP) is 3.87. The molecule has 0 amide bonds. The number of alkyl halides is 3. The fourth-order valence-corrected chi connectivity index (χ4v) is 2.26. The number of pyridine rings is 1. The molecule has 3 nitrogen and oxygen atoms in total. The van der Waals surface area contributed by atoms with Gasteiger partial charge in [-0.1, -0.05) is 13.8 Å². The topological polar surface area (TPSA) is 48.1 Å². The number of ether oxygens (including phenoxy) is 1. The summed E-state index contributed by atoms with van der Waals surface area (Å²) in [6.45, 7) is 2.86. The molecule has 0 spiro atoms. The van der Waals surface area contributed by atoms with Crippen LogP contribution in [0.25, 0.3) is 0 Å². The van der Waals surface area contributed by atoms with E-state index in [-0.39, 0.29) is 28.4 Å². The zero-order valence-corrected chi connectivity index (χ0v) is 13.0. The monoisotopic (exact) mass is 354 g/mol. The van der Waals surface area contributed by atoms with Gasteiger partial charge in [-0.25, -0.2) is 18.2 Å². The van der Waals surface area contributed by atoms with Crippen molar-refractivity contribution < 1.29 is 17.9 Å². The van der Waals surface area contributed by atoms with Gasteiger partial charge in [0.15, 0.2) is 0 Å². The van der Waals surface area contributed by atoms with Crippen LogP contribution in [0.5, 0.6) is 5.75 Å². The van der Waals surface area contributed by atoms with Gasteiger partial charge in [-0.2, -0.15) is 0 Å². The van der Waals surface area contributed by atoms with Crippen molar-refractivity contribution in [2.45, 2.75) is 32.2 Å². The van der Waals surface area contributed by atoms with Crippen LogP contribution in [0.15, 0.2) is 16.9 Å². The zero-order valence-electron chi connectivity index (χ0n) is 11.4. The molecule has 0 radical (unpaired) electrons. The number of aromatic nitrogens is 1. The second-order valence-electron chi connectivity index (χ2n) is 5.23. The van der Waals surface area contributed by atoms with Crippen LogP contribution in [-0.2, 0) is 0 Å². The molecule has 2 N–H and O–H groups in total. The Morgan fingerprint density at radius 2 is 2.10 bits per heavy atom. The number of nitrogens with zero attached hydrogens (tertiary/aromatic N) is 1. The summed E-state index contributed by atoms with van der Waals surface area (Å²) in [4.78, 5) is 3.83. The van der Waals surface area contributed by atoms with Crippen molar-refractivity contribution in [3.8, 4) is 5.75 Å². The number of hydrogen-bond donors (Lipinski definition) is 1. The van der Waals surface area contributed by atoms with Gasteiger partial charge < -0.3 is 10.5 Å². The summed E-state index contributed by atoms with van der Waals surface area (Å²) in [6, 6.07) is 1.18. The van der Waals surface area contributed by atoms with Crippen molar-refractivity contribution in [2.75, 3.05) is 13.3 Å². The highest BCUT2D eigenvalue weighted by molar-refractivity contribution is 9.10. The summed E-state index contributed by atoms with van der Waals surface area (Å²) in [5.74, 6) is 0.104. The largest absolute Gasteiger partial charge is 0.489 e. The SMILES string of the molecule is CC(C)C[C@@](N)(CF)COc1cnc(Br)cc1C(F)F. The molecule has 0 bridgehead atoms. The highest BCUT2D eigenvalue weighted by atomic mass is 79.9. The molecule has 1 atom stereocenters. The summed E-state index contributed by atoms with van der Waals surface area (Å²) < 4.78 is 44.4. The Kier molecular flexibility index (Phi) is 6.26. The van der Waals surface area contributed by atoms with E-state index in [1.54, 1.807) is 0 Å². The van der Waals surface area contributed by atoms with Crippen molar-refractivity contribution in [1.29, 1.82) is 0 Å². The quantitative estimate of drug-likeness (QED) is 0.756. The average molecular weight is 355 g/mol. The zero-order chi connectivity index (χ0) is 15.3. The lowest BCUT2D eigenvalue weighted by Crippen LogP contribution is -2.49. The molecule has 0 aliphatic rings. The van der Waals surface area contributed by atoms with Crippen LogP contribution >= 0.6 is 15.9 Å². The van der Waals surface area contributed by atoms with Gasteiger partial charge >= 0.3 is 0 Å². The maximum Gasteiger partial charge on any atom is 0.267 e. The molecule has 0 fully saturated rings. The molecule has 0 aliphatic carbocycles. The predicted molar refractivity (Wildman–Crippen MR) is 74.7 cm³/mol. The maximum absolute atomic E-state index is 13.1. The second kappa shape index (κ2) is 7.26. The molecule has 0 unspecified atom stereocenters. The van der Waals surface area contributed by atoms with Crippen molar-refractivity contribution in [3.63, 3.8) is 0 Å². The van der Waals surface area contributed by atoms with Crippen LogP contribution in [-0.4, -0.2) is 23.8 Å². The van der Waals surface area contributed by atoms with E-state index in [9.17, 15) is 13.2 Å². The number of rotatable bonds is 7. The highest BCUT2D eigenvalue weighted by Gasteiger charge is 2.28. The fourth-order valence-electron chi connectivity index (χ4n) is 1.91. The van der Waals surface area contributed by atoms with Crippen molar-refractivity contribution >= 4 is 15.9 Å². The summed E-state index contributed by atoms with van der Waals surface area (Å²) in [5.41, 5.74) is 4.41. The Balaban J connectivity index is 2.83. The van der Waals surface area contributed by atoms with Gasteiger partial charge in [0.25, 0.3) is 6.43 Å². The van der Waals surface area contributed by atoms with Crippen LogP contribution in [0, 0.1) is 5.92 Å². The van der Waals surface area contributed by atoms with E-state index in [1.165, 1.54) is 12.3 Å². The molecule has 0 saturated heterocycles. The second-order valence-corrected chi connectivity index (χ2v) is 6.04. The molecular weight excluding hydrogens is 337 g/mol. The molecular formula is C13H18BrF3N2O. The lowest BCUT2D eigenvalue weighted by molar-refractivity contribution is 0.131. The van der Waals surface area contributed by atoms with Crippen LogP contribution in [0.3, 0.4) is 0 Å². The Morgan fingerprint density at radius 1 is 1.45 bits per heavy atom. The first kappa shape index (κ1) is 17.2. The lowest BCUT2D eigenvalue weighted by atomic mass is 9.92. The molecule has 1 aromatic heterocycles. The van der Waals surface area contributed by atoms with Crippen LogP contribution < -0.4 is 10.5 Å². The van der Waals surface area contributed by atoms with Crippen LogP contribution in [0.1, 0.15) is 32.3 Å². The molecule has 1 rings (SSSR count). The molecule has 1 aromatic rings. The third-order valence-electron chi connectivity index (χ3n) is 2.70. The van der Waals surface area contributed by atoms with Gasteiger partial charge in [0.1, 0.15) is 23.6 Å². The summed E-state index contributed by atoms with van der Waals surface area (Å²) in [7, 11) is 0. The van der Waals surface area contributed by atoms with E-state index in [0.717, 1.165) is 0 Å². The van der Waals surface area contributed by atoms with Crippen LogP contribution in [0.4, 0.5) is 13.2 Å². The minimum atomic E-state index is -2.70. The van der Waals surface area contributed by atoms with Crippen molar-refractivity contribution in [1.82, 2.24) is 4.98 Å². The van der Waals surface area contributed by atoms with E-state index in [1.807, 2.05) is 13.8 Å². The Morgan fingerprint density at radius 3 is 2.60 bits per heavy atom. The van der Waals surface area contributed by atoms with E-state index >= 15 is 0 Å². The lowest BCUT2D eigenvalue weighted by Gasteiger charge is -2.28. The first-order valence-electron chi connectivity index (χ1n) is 6.18.